The van der Waals surface area contributed by atoms with Crippen LogP contribution in [-0.4, -0.2) is 43.0 Å². The number of rotatable bonds is 12. The van der Waals surface area contributed by atoms with Crippen molar-refractivity contribution in [2.75, 3.05) is 43.2 Å². The largest absolute Gasteiger partial charge is 0.492 e. The van der Waals surface area contributed by atoms with Crippen LogP contribution < -0.4 is 20.7 Å². The van der Waals surface area contributed by atoms with Gasteiger partial charge in [0.2, 0.25) is 5.91 Å². The van der Waals surface area contributed by atoms with Crippen molar-refractivity contribution < 1.29 is 9.53 Å². The van der Waals surface area contributed by atoms with Gasteiger partial charge >= 0.3 is 0 Å². The highest BCUT2D eigenvalue weighted by atomic mass is 35.5. The van der Waals surface area contributed by atoms with Crippen LogP contribution >= 0.6 is 11.6 Å². The zero-order valence-electron chi connectivity index (χ0n) is 24.7. The second kappa shape index (κ2) is 13.6. The number of halogens is 1. The van der Waals surface area contributed by atoms with Crippen LogP contribution in [0.2, 0.25) is 5.02 Å². The van der Waals surface area contributed by atoms with Crippen molar-refractivity contribution in [2.45, 2.75) is 39.2 Å². The molecule has 9 heteroatoms. The molecule has 0 saturated heterocycles. The first-order chi connectivity index (χ1) is 20.1. The number of nitrogens with one attached hydrogen (secondary N) is 3. The summed E-state index contributed by atoms with van der Waals surface area (Å²) in [6.45, 7) is 7.32. The average molecular weight is 585 g/mol. The number of fused-ring (bicyclic) bond motifs is 1. The van der Waals surface area contributed by atoms with E-state index in [-0.39, 0.29) is 11.4 Å². The first kappa shape index (κ1) is 30.6. The van der Waals surface area contributed by atoms with Crippen LogP contribution in [0.3, 0.4) is 0 Å². The topological polar surface area (TPSA) is 102 Å². The number of carbonyl (C=O) groups excluding carboxylic acids is 1. The average Bonchev–Trinajstić information content (AvgIpc) is 2.95. The van der Waals surface area contributed by atoms with E-state index < -0.39 is 0 Å². The van der Waals surface area contributed by atoms with Crippen molar-refractivity contribution in [3.63, 3.8) is 0 Å². The predicted octanol–water partition coefficient (Wildman–Crippen LogP) is 7.53. The molecule has 0 unspecified atom stereocenters. The van der Waals surface area contributed by atoms with Crippen LogP contribution in [0.15, 0.2) is 66.9 Å². The van der Waals surface area contributed by atoms with Crippen LogP contribution in [0, 0.1) is 11.3 Å². The lowest BCUT2D eigenvalue weighted by atomic mass is 9.94. The minimum Gasteiger partial charge on any atom is -0.492 e. The van der Waals surface area contributed by atoms with Crippen LogP contribution in [0.1, 0.15) is 44.7 Å². The molecule has 1 heterocycles. The third kappa shape index (κ3) is 7.49. The molecule has 0 aliphatic carbocycles. The first-order valence-corrected chi connectivity index (χ1v) is 14.3. The van der Waals surface area contributed by atoms with E-state index in [0.717, 1.165) is 24.2 Å². The Morgan fingerprint density at radius 2 is 1.86 bits per heavy atom. The molecule has 0 atom stereocenters. The van der Waals surface area contributed by atoms with Crippen molar-refractivity contribution in [2.24, 2.45) is 0 Å². The molecule has 0 bridgehead atoms. The lowest BCUT2D eigenvalue weighted by molar-refractivity contribution is -0.116. The molecule has 4 rings (SSSR count). The normalized spacial score (nSPS) is 11.3. The van der Waals surface area contributed by atoms with Gasteiger partial charge in [-0.1, -0.05) is 41.9 Å². The van der Waals surface area contributed by atoms with Gasteiger partial charge in [-0.3, -0.25) is 9.78 Å². The summed E-state index contributed by atoms with van der Waals surface area (Å²) in [7, 11) is 3.96. The standard InChI is InChI=1S/C33H37ClN6O2/c1-6-42-30-19-28-25(18-29(30)38-31(41)13-10-16-40(4)5)32(22(20-35)21-36-28)37-24-14-15-27(26(34)17-24)39-33(2,3)23-11-8-7-9-12-23/h7-9,11-12,14-15,17-19,21,39H,6,10,13,16H2,1-5H3,(H,36,37)(H,38,41). The van der Waals surface area contributed by atoms with E-state index in [1.165, 1.54) is 6.20 Å². The van der Waals surface area contributed by atoms with Gasteiger partial charge in [-0.2, -0.15) is 5.26 Å². The van der Waals surface area contributed by atoms with Gasteiger partial charge in [0, 0.05) is 29.8 Å². The Morgan fingerprint density at radius 1 is 1.10 bits per heavy atom. The maximum atomic E-state index is 12.8. The molecule has 0 fully saturated rings. The van der Waals surface area contributed by atoms with Gasteiger partial charge in [0.05, 0.1) is 45.3 Å². The number of hydrogen-bond acceptors (Lipinski definition) is 7. The molecular weight excluding hydrogens is 548 g/mol. The summed E-state index contributed by atoms with van der Waals surface area (Å²) < 4.78 is 5.83. The Kier molecular flexibility index (Phi) is 9.89. The third-order valence-electron chi connectivity index (χ3n) is 6.85. The van der Waals surface area contributed by atoms with Gasteiger partial charge in [0.1, 0.15) is 11.8 Å². The Hall–Kier alpha value is -4.32. The van der Waals surface area contributed by atoms with Crippen molar-refractivity contribution in [3.05, 3.63) is 83.0 Å². The van der Waals surface area contributed by atoms with Gasteiger partial charge in [-0.25, -0.2) is 0 Å². The molecule has 218 valence electrons. The summed E-state index contributed by atoms with van der Waals surface area (Å²) in [5.74, 6) is 0.415. The highest BCUT2D eigenvalue weighted by Crippen LogP contribution is 2.38. The molecule has 0 spiro atoms. The molecule has 1 amide bonds. The second-order valence-electron chi connectivity index (χ2n) is 10.8. The maximum Gasteiger partial charge on any atom is 0.224 e. The van der Waals surface area contributed by atoms with Crippen molar-refractivity contribution >= 4 is 51.2 Å². The molecular formula is C33H37ClN6O2. The fourth-order valence-electron chi connectivity index (χ4n) is 4.68. The van der Waals surface area contributed by atoms with Crippen LogP contribution in [0.5, 0.6) is 5.75 Å². The fraction of sp³-hybridized carbons (Fsp3) is 0.303. The smallest absolute Gasteiger partial charge is 0.224 e. The van der Waals surface area contributed by atoms with E-state index in [4.69, 9.17) is 16.3 Å². The number of nitriles is 1. The Bertz CT molecular complexity index is 1600. The van der Waals surface area contributed by atoms with Gasteiger partial charge in [-0.05, 0) is 77.7 Å². The number of ether oxygens (including phenoxy) is 1. The van der Waals surface area contributed by atoms with Crippen LogP contribution in [-0.2, 0) is 10.3 Å². The predicted molar refractivity (Wildman–Crippen MR) is 172 cm³/mol. The number of anilines is 4. The molecule has 3 aromatic carbocycles. The molecule has 42 heavy (non-hydrogen) atoms. The molecule has 3 N–H and O–H groups in total. The number of carbonyl (C=O) groups is 1. The molecule has 0 aliphatic rings. The van der Waals surface area contributed by atoms with Crippen LogP contribution in [0.4, 0.5) is 22.7 Å². The fourth-order valence-corrected chi connectivity index (χ4v) is 4.91. The maximum absolute atomic E-state index is 12.8. The van der Waals surface area contributed by atoms with E-state index in [9.17, 15) is 10.1 Å². The lowest BCUT2D eigenvalue weighted by Gasteiger charge is -2.29. The van der Waals surface area contributed by atoms with Gasteiger partial charge in [-0.15, -0.1) is 0 Å². The van der Waals surface area contributed by atoms with E-state index in [1.54, 1.807) is 12.1 Å². The SMILES string of the molecule is CCOc1cc2ncc(C#N)c(Nc3ccc(NC(C)(C)c4ccccc4)c(Cl)c3)c2cc1NC(=O)CCCN(C)C. The second-order valence-corrected chi connectivity index (χ2v) is 11.3. The van der Waals surface area contributed by atoms with E-state index in [2.05, 4.69) is 53.0 Å². The quantitative estimate of drug-likeness (QED) is 0.158. The Morgan fingerprint density at radius 3 is 2.52 bits per heavy atom. The number of nitrogens with zero attached hydrogens (tertiary/aromatic N) is 3. The highest BCUT2D eigenvalue weighted by molar-refractivity contribution is 6.33. The minimum absolute atomic E-state index is 0.107. The van der Waals surface area contributed by atoms with Gasteiger partial charge in [0.15, 0.2) is 0 Å². The Balaban J connectivity index is 1.65. The van der Waals surface area contributed by atoms with E-state index in [1.807, 2.05) is 62.3 Å². The summed E-state index contributed by atoms with van der Waals surface area (Å²) in [6.07, 6.45) is 2.64. The van der Waals surface area contributed by atoms with Crippen molar-refractivity contribution in [1.82, 2.24) is 9.88 Å². The summed E-state index contributed by atoms with van der Waals surface area (Å²) in [5.41, 5.74) is 4.36. The van der Waals surface area contributed by atoms with Gasteiger partial charge < -0.3 is 25.6 Å². The zero-order chi connectivity index (χ0) is 30.3. The highest BCUT2D eigenvalue weighted by Gasteiger charge is 2.21. The molecule has 1 aromatic heterocycles. The van der Waals surface area contributed by atoms with Gasteiger partial charge in [0.25, 0.3) is 0 Å². The van der Waals surface area contributed by atoms with E-state index >= 15 is 0 Å². The summed E-state index contributed by atoms with van der Waals surface area (Å²) in [5, 5.41) is 21.0. The lowest BCUT2D eigenvalue weighted by Crippen LogP contribution is -2.27. The number of benzene rings is 3. The summed E-state index contributed by atoms with van der Waals surface area (Å²) in [6, 6.07) is 21.6. The van der Waals surface area contributed by atoms with E-state index in [0.29, 0.717) is 57.3 Å². The molecule has 0 aliphatic heterocycles. The summed E-state index contributed by atoms with van der Waals surface area (Å²) >= 11 is 6.73. The molecule has 8 nitrogen and oxygen atoms in total. The van der Waals surface area contributed by atoms with Crippen LogP contribution in [0.25, 0.3) is 10.9 Å². The van der Waals surface area contributed by atoms with Crippen molar-refractivity contribution in [1.29, 1.82) is 5.26 Å². The number of amides is 1. The number of aromatic nitrogens is 1. The zero-order valence-corrected chi connectivity index (χ0v) is 25.5. The first-order valence-electron chi connectivity index (χ1n) is 14.0. The molecule has 0 saturated carbocycles. The third-order valence-corrected chi connectivity index (χ3v) is 7.17. The molecule has 4 aromatic rings. The number of hydrogen-bond donors (Lipinski definition) is 3. The molecule has 0 radical (unpaired) electrons. The Labute approximate surface area is 252 Å². The minimum atomic E-state index is -0.347. The monoisotopic (exact) mass is 584 g/mol. The van der Waals surface area contributed by atoms with Crippen molar-refractivity contribution in [3.8, 4) is 11.8 Å². The summed E-state index contributed by atoms with van der Waals surface area (Å²) in [4.78, 5) is 19.3. The number of pyridine rings is 1.